The Morgan fingerprint density at radius 2 is 1.60 bits per heavy atom. The van der Waals surface area contributed by atoms with Crippen LogP contribution < -0.4 is 0 Å². The van der Waals surface area contributed by atoms with Gasteiger partial charge in [0.05, 0.1) is 5.56 Å². The van der Waals surface area contributed by atoms with Crippen LogP contribution in [0.5, 0.6) is 0 Å². The molecule has 0 aliphatic carbocycles. The van der Waals surface area contributed by atoms with Crippen molar-refractivity contribution in [3.05, 3.63) is 59.9 Å². The van der Waals surface area contributed by atoms with Crippen molar-refractivity contribution in [2.45, 2.75) is 26.4 Å². The zero-order chi connectivity index (χ0) is 14.8. The molecule has 0 N–H and O–H groups in total. The van der Waals surface area contributed by atoms with Gasteiger partial charge in [-0.25, -0.2) is 9.18 Å². The monoisotopic (exact) mass is 272 g/mol. The van der Waals surface area contributed by atoms with E-state index >= 15 is 0 Å². The number of hydrogen-bond acceptors (Lipinski definition) is 2. The quantitative estimate of drug-likeness (QED) is 0.755. The summed E-state index contributed by atoms with van der Waals surface area (Å²) < 4.78 is 18.6. The minimum absolute atomic E-state index is 0.301. The van der Waals surface area contributed by atoms with Crippen LogP contribution in [0.1, 0.15) is 31.1 Å². The number of esters is 1. The summed E-state index contributed by atoms with van der Waals surface area (Å²) in [6, 6.07) is 13.3. The molecule has 2 aromatic rings. The van der Waals surface area contributed by atoms with E-state index in [4.69, 9.17) is 4.74 Å². The van der Waals surface area contributed by atoms with Gasteiger partial charge in [-0.1, -0.05) is 24.3 Å². The normalized spacial score (nSPS) is 11.2. The largest absolute Gasteiger partial charge is 0.456 e. The summed E-state index contributed by atoms with van der Waals surface area (Å²) >= 11 is 0. The first-order chi connectivity index (χ1) is 9.35. The first kappa shape index (κ1) is 14.3. The summed E-state index contributed by atoms with van der Waals surface area (Å²) in [7, 11) is 0. The van der Waals surface area contributed by atoms with E-state index < -0.39 is 5.60 Å². The first-order valence-corrected chi connectivity index (χ1v) is 6.44. The van der Waals surface area contributed by atoms with Crippen LogP contribution in [0.25, 0.3) is 11.1 Å². The van der Waals surface area contributed by atoms with Crippen molar-refractivity contribution in [2.75, 3.05) is 0 Å². The maximum Gasteiger partial charge on any atom is 0.338 e. The Bertz CT molecular complexity index is 627. The minimum atomic E-state index is -0.536. The summed E-state index contributed by atoms with van der Waals surface area (Å²) in [5, 5.41) is 0. The predicted molar refractivity (Wildman–Crippen MR) is 77.0 cm³/mol. The zero-order valence-electron chi connectivity index (χ0n) is 11.8. The molecule has 0 spiro atoms. The highest BCUT2D eigenvalue weighted by Gasteiger charge is 2.18. The third kappa shape index (κ3) is 3.67. The van der Waals surface area contributed by atoms with Crippen LogP contribution >= 0.6 is 0 Å². The van der Waals surface area contributed by atoms with Crippen LogP contribution in [-0.4, -0.2) is 11.6 Å². The van der Waals surface area contributed by atoms with E-state index in [0.717, 1.165) is 11.1 Å². The second-order valence-electron chi connectivity index (χ2n) is 5.59. The molecule has 0 aliphatic rings. The number of hydrogen-bond donors (Lipinski definition) is 0. The van der Waals surface area contributed by atoms with E-state index in [-0.39, 0.29) is 11.8 Å². The fourth-order valence-electron chi connectivity index (χ4n) is 1.83. The lowest BCUT2D eigenvalue weighted by Crippen LogP contribution is -2.23. The van der Waals surface area contributed by atoms with Crippen molar-refractivity contribution in [2.24, 2.45) is 0 Å². The molecule has 0 amide bonds. The Morgan fingerprint density at radius 3 is 2.20 bits per heavy atom. The van der Waals surface area contributed by atoms with Crippen molar-refractivity contribution in [1.82, 2.24) is 0 Å². The standard InChI is InChI=1S/C17H17FO2/c1-17(2,3)20-16(19)14-8-4-6-12(10-14)13-7-5-9-15(18)11-13/h4-11H,1-3H3. The average Bonchev–Trinajstić information content (AvgIpc) is 2.37. The summed E-state index contributed by atoms with van der Waals surface area (Å²) in [6.45, 7) is 5.46. The van der Waals surface area contributed by atoms with Crippen molar-refractivity contribution in [3.63, 3.8) is 0 Å². The Kier molecular flexibility index (Phi) is 3.89. The lowest BCUT2D eigenvalue weighted by atomic mass is 10.0. The molecule has 0 bridgehead atoms. The smallest absolute Gasteiger partial charge is 0.338 e. The van der Waals surface area contributed by atoms with Gasteiger partial charge in [0.2, 0.25) is 0 Å². The van der Waals surface area contributed by atoms with Crippen LogP contribution in [0.2, 0.25) is 0 Å². The maximum absolute atomic E-state index is 13.2. The average molecular weight is 272 g/mol. The van der Waals surface area contributed by atoms with Gasteiger partial charge in [-0.2, -0.15) is 0 Å². The predicted octanol–water partition coefficient (Wildman–Crippen LogP) is 4.45. The summed E-state index contributed by atoms with van der Waals surface area (Å²) in [4.78, 5) is 12.0. The molecule has 2 rings (SSSR count). The molecule has 0 radical (unpaired) electrons. The molecule has 3 heteroatoms. The fourth-order valence-corrected chi connectivity index (χ4v) is 1.83. The van der Waals surface area contributed by atoms with Gasteiger partial charge in [0.1, 0.15) is 11.4 Å². The highest BCUT2D eigenvalue weighted by Crippen LogP contribution is 2.22. The van der Waals surface area contributed by atoms with Gasteiger partial charge in [-0.3, -0.25) is 0 Å². The number of benzene rings is 2. The number of halogens is 1. The molecule has 104 valence electrons. The molecule has 2 nitrogen and oxygen atoms in total. The Labute approximate surface area is 118 Å². The highest BCUT2D eigenvalue weighted by atomic mass is 19.1. The molecular weight excluding hydrogens is 255 g/mol. The first-order valence-electron chi connectivity index (χ1n) is 6.44. The van der Waals surface area contributed by atoms with Crippen LogP contribution in [0.4, 0.5) is 4.39 Å². The molecular formula is C17H17FO2. The summed E-state index contributed by atoms with van der Waals surface area (Å²) in [5.41, 5.74) is 1.44. The van der Waals surface area contributed by atoms with Gasteiger partial charge < -0.3 is 4.74 Å². The number of carbonyl (C=O) groups is 1. The summed E-state index contributed by atoms with van der Waals surface area (Å²) in [5.74, 6) is -0.680. The molecule has 0 saturated carbocycles. The van der Waals surface area contributed by atoms with Crippen molar-refractivity contribution in [3.8, 4) is 11.1 Å². The third-order valence-corrected chi connectivity index (χ3v) is 2.66. The topological polar surface area (TPSA) is 26.3 Å². The van der Waals surface area contributed by atoms with Crippen molar-refractivity contribution >= 4 is 5.97 Å². The Balaban J connectivity index is 2.31. The lowest BCUT2D eigenvalue weighted by Gasteiger charge is -2.19. The van der Waals surface area contributed by atoms with E-state index in [2.05, 4.69) is 0 Å². The number of carbonyl (C=O) groups excluding carboxylic acids is 1. The van der Waals surface area contributed by atoms with Crippen LogP contribution in [0.15, 0.2) is 48.5 Å². The van der Waals surface area contributed by atoms with E-state index in [1.165, 1.54) is 12.1 Å². The molecule has 0 unspecified atom stereocenters. The molecule has 2 aromatic carbocycles. The zero-order valence-corrected chi connectivity index (χ0v) is 11.8. The van der Waals surface area contributed by atoms with Gasteiger partial charge in [0, 0.05) is 0 Å². The van der Waals surface area contributed by atoms with E-state index in [1.807, 2.05) is 26.8 Å². The molecule has 20 heavy (non-hydrogen) atoms. The Morgan fingerprint density at radius 1 is 1.00 bits per heavy atom. The van der Waals surface area contributed by atoms with Crippen LogP contribution in [-0.2, 0) is 4.74 Å². The minimum Gasteiger partial charge on any atom is -0.456 e. The maximum atomic E-state index is 13.2. The summed E-state index contributed by atoms with van der Waals surface area (Å²) in [6.07, 6.45) is 0. The van der Waals surface area contributed by atoms with E-state index in [9.17, 15) is 9.18 Å². The lowest BCUT2D eigenvalue weighted by molar-refractivity contribution is 0.00696. The molecule has 0 fully saturated rings. The molecule has 0 heterocycles. The Hall–Kier alpha value is -2.16. The van der Waals surface area contributed by atoms with Crippen LogP contribution in [0, 0.1) is 5.82 Å². The van der Waals surface area contributed by atoms with E-state index in [0.29, 0.717) is 5.56 Å². The molecule has 0 aliphatic heterocycles. The molecule has 0 saturated heterocycles. The SMILES string of the molecule is CC(C)(C)OC(=O)c1cccc(-c2cccc(F)c2)c1. The van der Waals surface area contributed by atoms with E-state index in [1.54, 1.807) is 30.3 Å². The van der Waals surface area contributed by atoms with Gasteiger partial charge in [-0.15, -0.1) is 0 Å². The number of rotatable bonds is 2. The van der Waals surface area contributed by atoms with Gasteiger partial charge in [0.15, 0.2) is 0 Å². The second-order valence-corrected chi connectivity index (χ2v) is 5.59. The fraction of sp³-hybridized carbons (Fsp3) is 0.235. The van der Waals surface area contributed by atoms with Gasteiger partial charge >= 0.3 is 5.97 Å². The number of ether oxygens (including phenoxy) is 1. The highest BCUT2D eigenvalue weighted by molar-refractivity contribution is 5.91. The van der Waals surface area contributed by atoms with Gasteiger partial charge in [0.25, 0.3) is 0 Å². The van der Waals surface area contributed by atoms with Crippen LogP contribution in [0.3, 0.4) is 0 Å². The van der Waals surface area contributed by atoms with Crippen molar-refractivity contribution in [1.29, 1.82) is 0 Å². The molecule has 0 atom stereocenters. The third-order valence-electron chi connectivity index (χ3n) is 2.66. The molecule has 0 aromatic heterocycles. The second kappa shape index (κ2) is 5.45. The van der Waals surface area contributed by atoms with Crippen molar-refractivity contribution < 1.29 is 13.9 Å². The van der Waals surface area contributed by atoms with Gasteiger partial charge in [-0.05, 0) is 56.2 Å².